The Morgan fingerprint density at radius 2 is 1.44 bits per heavy atom. The van der Waals surface area contributed by atoms with Gasteiger partial charge in [-0.3, -0.25) is 9.59 Å². The van der Waals surface area contributed by atoms with Gasteiger partial charge in [0.25, 0.3) is 5.97 Å². The molecule has 0 aromatic carbocycles. The molecule has 2 aliphatic rings. The fourth-order valence-corrected chi connectivity index (χ4v) is 2.66. The zero-order chi connectivity index (χ0) is 19.7. The number of piperidine rings is 2. The van der Waals surface area contributed by atoms with Gasteiger partial charge in [-0.2, -0.15) is 0 Å². The summed E-state index contributed by atoms with van der Waals surface area (Å²) in [5.41, 5.74) is 4.50. The van der Waals surface area contributed by atoms with Crippen LogP contribution < -0.4 is 11.1 Å². The number of nitrogens with one attached hydrogen (secondary N) is 1. The van der Waals surface area contributed by atoms with E-state index in [2.05, 4.69) is 41.7 Å². The van der Waals surface area contributed by atoms with E-state index in [1.54, 1.807) is 0 Å². The minimum absolute atomic E-state index is 0.430. The van der Waals surface area contributed by atoms with Crippen molar-refractivity contribution in [2.24, 2.45) is 5.73 Å². The lowest BCUT2D eigenvalue weighted by molar-refractivity contribution is -0.134. The highest BCUT2D eigenvalue weighted by molar-refractivity contribution is 5.79. The van der Waals surface area contributed by atoms with Crippen molar-refractivity contribution in [2.75, 3.05) is 53.4 Å². The van der Waals surface area contributed by atoms with Crippen LogP contribution in [0.4, 0.5) is 0 Å². The Bertz CT molecular complexity index is 306. The molecule has 2 aliphatic heterocycles. The Morgan fingerprint density at radius 1 is 1.08 bits per heavy atom. The molecule has 0 radical (unpaired) electrons. The summed E-state index contributed by atoms with van der Waals surface area (Å²) in [5.74, 6) is -0.403. The summed E-state index contributed by atoms with van der Waals surface area (Å²) in [6, 6.07) is 0.780. The molecule has 2 heterocycles. The van der Waals surface area contributed by atoms with Crippen molar-refractivity contribution in [3.05, 3.63) is 0 Å². The zero-order valence-electron chi connectivity index (χ0n) is 16.9. The Morgan fingerprint density at radius 3 is 1.76 bits per heavy atom. The summed E-state index contributed by atoms with van der Waals surface area (Å²) < 4.78 is 0. The van der Waals surface area contributed by atoms with Gasteiger partial charge in [-0.1, -0.05) is 13.8 Å². The smallest absolute Gasteiger partial charge is 0.300 e. The molecule has 4 N–H and O–H groups in total. The lowest BCUT2D eigenvalue weighted by Gasteiger charge is -2.30. The number of carbonyl (C=O) groups is 2. The molecule has 0 aromatic rings. The Labute approximate surface area is 153 Å². The number of carboxylic acid groups (broad SMARTS) is 1. The molecule has 0 unspecified atom stereocenters. The number of hydrogen-bond acceptors (Lipinski definition) is 6. The molecule has 25 heavy (non-hydrogen) atoms. The lowest BCUT2D eigenvalue weighted by atomic mass is 10.1. The number of hydrogen-bond donors (Lipinski definition) is 3. The molecule has 0 bridgehead atoms. The summed E-state index contributed by atoms with van der Waals surface area (Å²) in [7, 11) is 3.56. The number of nitrogens with zero attached hydrogens (tertiary/aromatic N) is 2. The Hall–Kier alpha value is -1.02. The first kappa shape index (κ1) is 26.2. The molecule has 7 heteroatoms. The Balaban J connectivity index is 0. The van der Waals surface area contributed by atoms with Crippen LogP contribution >= 0.6 is 0 Å². The van der Waals surface area contributed by atoms with Crippen LogP contribution in [-0.4, -0.2) is 86.1 Å². The number of likely N-dealkylation sites (tertiary alicyclic amines) is 2. The average molecular weight is 361 g/mol. The molecule has 0 aromatic heterocycles. The molecule has 2 rings (SSSR count). The molecule has 0 aliphatic carbocycles. The van der Waals surface area contributed by atoms with Crippen molar-refractivity contribution in [3.8, 4) is 0 Å². The Kier molecular flexibility index (Phi) is 18.7. The van der Waals surface area contributed by atoms with E-state index in [9.17, 15) is 4.79 Å². The largest absolute Gasteiger partial charge is 0.481 e. The molecule has 0 spiro atoms. The molecule has 2 fully saturated rings. The zero-order valence-corrected chi connectivity index (χ0v) is 16.9. The number of carbonyl (C=O) groups excluding carboxylic acids is 1. The number of nitrogens with two attached hydrogens (primary N) is 1. The van der Waals surface area contributed by atoms with Gasteiger partial charge in [0.15, 0.2) is 0 Å². The number of Topliss-reactive ketones (excluding diaryl/α,β-unsaturated/α-hetero) is 1. The number of ketones is 1. The molecule has 7 nitrogen and oxygen atoms in total. The van der Waals surface area contributed by atoms with Crippen LogP contribution in [0, 0.1) is 0 Å². The SMILES string of the molecule is CC(=O)O.CCN1CCC(=O)CC1.CCN1CCC(NC)CC1.CN. The standard InChI is InChI=1S/C8H18N2.C7H13NO.C2H4O2.CH5N/c1-3-10-6-4-8(9-2)5-7-10;1-2-8-5-3-7(9)4-6-8;1-2(3)4;1-2/h8-9H,3-7H2,1-2H3;2-6H2,1H3;1H3,(H,3,4);2H2,1H3. The number of rotatable bonds is 3. The van der Waals surface area contributed by atoms with Gasteiger partial charge in [0, 0.05) is 38.9 Å². The van der Waals surface area contributed by atoms with Crippen molar-refractivity contribution in [1.29, 1.82) is 0 Å². The van der Waals surface area contributed by atoms with Gasteiger partial charge in [-0.25, -0.2) is 0 Å². The van der Waals surface area contributed by atoms with Crippen molar-refractivity contribution in [1.82, 2.24) is 15.1 Å². The van der Waals surface area contributed by atoms with Crippen LogP contribution in [-0.2, 0) is 9.59 Å². The highest BCUT2D eigenvalue weighted by Crippen LogP contribution is 2.08. The molecule has 2 saturated heterocycles. The van der Waals surface area contributed by atoms with E-state index in [0.717, 1.165) is 45.4 Å². The maximum atomic E-state index is 10.7. The first-order valence-electron chi connectivity index (χ1n) is 9.33. The molecular weight excluding hydrogens is 320 g/mol. The van der Waals surface area contributed by atoms with Crippen LogP contribution in [0.1, 0.15) is 46.5 Å². The summed E-state index contributed by atoms with van der Waals surface area (Å²) in [5, 5.41) is 10.7. The number of aliphatic carboxylic acids is 1. The van der Waals surface area contributed by atoms with Crippen molar-refractivity contribution in [3.63, 3.8) is 0 Å². The van der Waals surface area contributed by atoms with Crippen molar-refractivity contribution >= 4 is 11.8 Å². The monoisotopic (exact) mass is 360 g/mol. The second-order valence-corrected chi connectivity index (χ2v) is 5.99. The minimum atomic E-state index is -0.833. The van der Waals surface area contributed by atoms with E-state index in [-0.39, 0.29) is 0 Å². The number of carboxylic acids is 1. The molecular formula is C18H40N4O3. The van der Waals surface area contributed by atoms with Gasteiger partial charge in [-0.05, 0) is 53.1 Å². The maximum Gasteiger partial charge on any atom is 0.300 e. The van der Waals surface area contributed by atoms with Crippen LogP contribution in [0.3, 0.4) is 0 Å². The molecule has 0 amide bonds. The van der Waals surface area contributed by atoms with E-state index in [1.165, 1.54) is 39.5 Å². The average Bonchev–Trinajstić information content (AvgIpc) is 2.64. The van der Waals surface area contributed by atoms with Gasteiger partial charge in [0.2, 0.25) is 0 Å². The van der Waals surface area contributed by atoms with E-state index in [1.807, 2.05) is 0 Å². The quantitative estimate of drug-likeness (QED) is 0.691. The fraction of sp³-hybridized carbons (Fsp3) is 0.889. The normalized spacial score (nSPS) is 18.7. The molecule has 150 valence electrons. The third-order valence-corrected chi connectivity index (χ3v) is 4.30. The third-order valence-electron chi connectivity index (χ3n) is 4.30. The maximum absolute atomic E-state index is 10.7. The summed E-state index contributed by atoms with van der Waals surface area (Å²) >= 11 is 0. The van der Waals surface area contributed by atoms with Crippen LogP contribution in [0.15, 0.2) is 0 Å². The van der Waals surface area contributed by atoms with E-state index in [0.29, 0.717) is 5.78 Å². The minimum Gasteiger partial charge on any atom is -0.481 e. The van der Waals surface area contributed by atoms with E-state index < -0.39 is 5.97 Å². The van der Waals surface area contributed by atoms with Crippen LogP contribution in [0.2, 0.25) is 0 Å². The predicted molar refractivity (Wildman–Crippen MR) is 104 cm³/mol. The van der Waals surface area contributed by atoms with Gasteiger partial charge in [0.1, 0.15) is 5.78 Å². The summed E-state index contributed by atoms with van der Waals surface area (Å²) in [4.78, 5) is 24.5. The first-order valence-corrected chi connectivity index (χ1v) is 9.33. The van der Waals surface area contributed by atoms with Crippen molar-refractivity contribution in [2.45, 2.75) is 52.5 Å². The third kappa shape index (κ3) is 16.2. The molecule has 0 saturated carbocycles. The van der Waals surface area contributed by atoms with Gasteiger partial charge in [0.05, 0.1) is 0 Å². The van der Waals surface area contributed by atoms with Crippen LogP contribution in [0.5, 0.6) is 0 Å². The van der Waals surface area contributed by atoms with E-state index in [4.69, 9.17) is 9.90 Å². The fourth-order valence-electron chi connectivity index (χ4n) is 2.66. The topological polar surface area (TPSA) is 98.9 Å². The first-order chi connectivity index (χ1) is 11.9. The van der Waals surface area contributed by atoms with Gasteiger partial charge in [-0.15, -0.1) is 0 Å². The van der Waals surface area contributed by atoms with E-state index >= 15 is 0 Å². The lowest BCUT2D eigenvalue weighted by Crippen LogP contribution is -2.40. The highest BCUT2D eigenvalue weighted by Gasteiger charge is 2.15. The summed E-state index contributed by atoms with van der Waals surface area (Å²) in [6.45, 7) is 12.3. The predicted octanol–water partition coefficient (Wildman–Crippen LogP) is 1.03. The summed E-state index contributed by atoms with van der Waals surface area (Å²) in [6.07, 6.45) is 4.19. The highest BCUT2D eigenvalue weighted by atomic mass is 16.4. The van der Waals surface area contributed by atoms with Gasteiger partial charge < -0.3 is 26.0 Å². The van der Waals surface area contributed by atoms with Crippen LogP contribution in [0.25, 0.3) is 0 Å². The van der Waals surface area contributed by atoms with Gasteiger partial charge >= 0.3 is 0 Å². The molecule has 0 atom stereocenters. The van der Waals surface area contributed by atoms with Crippen molar-refractivity contribution < 1.29 is 14.7 Å². The second kappa shape index (κ2) is 17.8. The second-order valence-electron chi connectivity index (χ2n) is 5.99.